The fraction of sp³-hybridized carbons (Fsp3) is 0.200. The third-order valence-corrected chi connectivity index (χ3v) is 4.27. The van der Waals surface area contributed by atoms with Gasteiger partial charge in [-0.05, 0) is 35.9 Å². The summed E-state index contributed by atoms with van der Waals surface area (Å²) in [6.07, 6.45) is 0. The third-order valence-electron chi connectivity index (χ3n) is 2.95. The maximum Gasteiger partial charge on any atom is 0.142 e. The van der Waals surface area contributed by atoms with Gasteiger partial charge in [0.15, 0.2) is 0 Å². The van der Waals surface area contributed by atoms with Crippen LogP contribution in [0, 0.1) is 5.82 Å². The van der Waals surface area contributed by atoms with E-state index in [2.05, 4.69) is 15.9 Å². The average Bonchev–Trinajstić information content (AvgIpc) is 2.48. The fourth-order valence-electron chi connectivity index (χ4n) is 1.89. The molecular formula is C15H13BrClFO2. The second-order valence-corrected chi connectivity index (χ2v) is 5.47. The summed E-state index contributed by atoms with van der Waals surface area (Å²) in [5.41, 5.74) is 1.60. The average molecular weight is 360 g/mol. The Balaban J connectivity index is 2.45. The van der Waals surface area contributed by atoms with Gasteiger partial charge in [0, 0.05) is 5.56 Å². The number of hydrogen-bond acceptors (Lipinski definition) is 2. The number of benzene rings is 2. The largest absolute Gasteiger partial charge is 0.497 e. The molecule has 106 valence electrons. The number of methoxy groups -OCH3 is 2. The number of hydrogen-bond donors (Lipinski definition) is 0. The first kappa shape index (κ1) is 15.1. The Morgan fingerprint density at radius 2 is 1.85 bits per heavy atom. The minimum atomic E-state index is -0.449. The lowest BCUT2D eigenvalue weighted by Gasteiger charge is -2.16. The monoisotopic (exact) mass is 358 g/mol. The Kier molecular flexibility index (Phi) is 4.89. The first-order chi connectivity index (χ1) is 9.56. The van der Waals surface area contributed by atoms with Gasteiger partial charge in [0.05, 0.1) is 24.1 Å². The van der Waals surface area contributed by atoms with Crippen LogP contribution in [-0.2, 0) is 0 Å². The van der Waals surface area contributed by atoms with Crippen molar-refractivity contribution in [2.24, 2.45) is 0 Å². The summed E-state index contributed by atoms with van der Waals surface area (Å²) in [5.74, 6) is 0.957. The van der Waals surface area contributed by atoms with Gasteiger partial charge in [0.25, 0.3) is 0 Å². The van der Waals surface area contributed by atoms with Gasteiger partial charge in [0.2, 0.25) is 0 Å². The van der Waals surface area contributed by atoms with E-state index in [1.54, 1.807) is 20.3 Å². The van der Waals surface area contributed by atoms with Crippen LogP contribution in [0.4, 0.5) is 4.39 Å². The molecule has 0 heterocycles. The van der Waals surface area contributed by atoms with Crippen LogP contribution in [0.25, 0.3) is 0 Å². The van der Waals surface area contributed by atoms with Crippen molar-refractivity contribution in [2.75, 3.05) is 14.2 Å². The summed E-state index contributed by atoms with van der Waals surface area (Å²) >= 11 is 9.27. The minimum absolute atomic E-state index is 0.103. The maximum absolute atomic E-state index is 13.6. The summed E-state index contributed by atoms with van der Waals surface area (Å²) in [5, 5.41) is 0.103. The minimum Gasteiger partial charge on any atom is -0.497 e. The Hall–Kier alpha value is -1.26. The summed E-state index contributed by atoms with van der Waals surface area (Å²) in [7, 11) is 3.18. The molecule has 0 aliphatic carbocycles. The maximum atomic E-state index is 13.6. The first-order valence-electron chi connectivity index (χ1n) is 5.87. The first-order valence-corrected chi connectivity index (χ1v) is 7.17. The Bertz CT molecular complexity index is 619. The number of ether oxygens (including phenoxy) is 2. The molecule has 0 N–H and O–H groups in total. The Morgan fingerprint density at radius 1 is 1.10 bits per heavy atom. The summed E-state index contributed by atoms with van der Waals surface area (Å²) in [6.45, 7) is 0. The zero-order chi connectivity index (χ0) is 14.7. The number of rotatable bonds is 4. The molecule has 0 aliphatic heterocycles. The molecule has 1 unspecified atom stereocenters. The van der Waals surface area contributed by atoms with E-state index < -0.39 is 5.82 Å². The topological polar surface area (TPSA) is 18.5 Å². The predicted octanol–water partition coefficient (Wildman–Crippen LogP) is 4.98. The highest BCUT2D eigenvalue weighted by molar-refractivity contribution is 9.09. The van der Waals surface area contributed by atoms with Crippen LogP contribution in [0.5, 0.6) is 11.5 Å². The highest BCUT2D eigenvalue weighted by atomic mass is 79.9. The molecule has 0 aromatic heterocycles. The molecular weight excluding hydrogens is 347 g/mol. The zero-order valence-corrected chi connectivity index (χ0v) is 13.3. The second kappa shape index (κ2) is 6.46. The third kappa shape index (κ3) is 3.07. The van der Waals surface area contributed by atoms with Crippen molar-refractivity contribution >= 4 is 27.5 Å². The van der Waals surface area contributed by atoms with Gasteiger partial charge in [-0.3, -0.25) is 0 Å². The second-order valence-electron chi connectivity index (χ2n) is 4.14. The molecule has 1 atom stereocenters. The summed E-state index contributed by atoms with van der Waals surface area (Å²) < 4.78 is 24.1. The van der Waals surface area contributed by atoms with Crippen molar-refractivity contribution in [3.63, 3.8) is 0 Å². The van der Waals surface area contributed by atoms with Crippen LogP contribution in [0.1, 0.15) is 16.0 Å². The molecule has 0 aliphatic rings. The van der Waals surface area contributed by atoms with Crippen LogP contribution in [0.2, 0.25) is 5.02 Å². The zero-order valence-electron chi connectivity index (χ0n) is 11.0. The van der Waals surface area contributed by atoms with Gasteiger partial charge in [0.1, 0.15) is 17.3 Å². The predicted molar refractivity (Wildman–Crippen MR) is 81.7 cm³/mol. The molecule has 5 heteroatoms. The molecule has 2 nitrogen and oxygen atoms in total. The number of alkyl halides is 1. The van der Waals surface area contributed by atoms with Gasteiger partial charge in [-0.25, -0.2) is 4.39 Å². The van der Waals surface area contributed by atoms with E-state index in [0.717, 1.165) is 11.1 Å². The van der Waals surface area contributed by atoms with Crippen molar-refractivity contribution in [3.05, 3.63) is 58.4 Å². The van der Waals surface area contributed by atoms with E-state index in [9.17, 15) is 4.39 Å². The quantitative estimate of drug-likeness (QED) is 0.717. The standard InChI is InChI=1S/C15H13BrClFO2/c1-19-10-4-6-14(20-2)11(8-10)15(16)9-3-5-12(17)13(18)7-9/h3-8,15H,1-2H3. The van der Waals surface area contributed by atoms with E-state index in [-0.39, 0.29) is 9.85 Å². The van der Waals surface area contributed by atoms with Crippen LogP contribution in [0.3, 0.4) is 0 Å². The van der Waals surface area contributed by atoms with E-state index >= 15 is 0 Å². The molecule has 0 amide bonds. The molecule has 0 spiro atoms. The van der Waals surface area contributed by atoms with Gasteiger partial charge in [-0.1, -0.05) is 33.6 Å². The molecule has 0 radical (unpaired) electrons. The smallest absolute Gasteiger partial charge is 0.142 e. The Labute approximate surface area is 130 Å². The van der Waals surface area contributed by atoms with Crippen molar-refractivity contribution in [1.29, 1.82) is 0 Å². The molecule has 0 bridgehead atoms. The lowest BCUT2D eigenvalue weighted by atomic mass is 10.0. The summed E-state index contributed by atoms with van der Waals surface area (Å²) in [6, 6.07) is 10.2. The van der Waals surface area contributed by atoms with Crippen LogP contribution < -0.4 is 9.47 Å². The van der Waals surface area contributed by atoms with Crippen molar-refractivity contribution < 1.29 is 13.9 Å². The van der Waals surface area contributed by atoms with Crippen molar-refractivity contribution in [2.45, 2.75) is 4.83 Å². The van der Waals surface area contributed by atoms with E-state index in [4.69, 9.17) is 21.1 Å². The number of halogens is 3. The van der Waals surface area contributed by atoms with Crippen LogP contribution in [0.15, 0.2) is 36.4 Å². The Morgan fingerprint density at radius 3 is 2.45 bits per heavy atom. The van der Waals surface area contributed by atoms with Crippen molar-refractivity contribution in [1.82, 2.24) is 0 Å². The lowest BCUT2D eigenvalue weighted by molar-refractivity contribution is 0.399. The molecule has 20 heavy (non-hydrogen) atoms. The molecule has 2 aromatic carbocycles. The highest BCUT2D eigenvalue weighted by Gasteiger charge is 2.17. The van der Waals surface area contributed by atoms with Gasteiger partial charge in [-0.15, -0.1) is 0 Å². The van der Waals surface area contributed by atoms with Gasteiger partial charge >= 0.3 is 0 Å². The van der Waals surface area contributed by atoms with E-state index in [1.807, 2.05) is 18.2 Å². The molecule has 2 aromatic rings. The fourth-order valence-corrected chi connectivity index (χ4v) is 2.65. The molecule has 0 fully saturated rings. The molecule has 0 saturated heterocycles. The van der Waals surface area contributed by atoms with Crippen LogP contribution >= 0.6 is 27.5 Å². The highest BCUT2D eigenvalue weighted by Crippen LogP contribution is 2.39. The van der Waals surface area contributed by atoms with Gasteiger partial charge in [-0.2, -0.15) is 0 Å². The van der Waals surface area contributed by atoms with E-state index in [1.165, 1.54) is 12.1 Å². The SMILES string of the molecule is COc1ccc(OC)c(C(Br)c2ccc(Cl)c(F)c2)c1. The molecule has 0 saturated carbocycles. The van der Waals surface area contributed by atoms with E-state index in [0.29, 0.717) is 11.5 Å². The lowest BCUT2D eigenvalue weighted by Crippen LogP contribution is -1.99. The van der Waals surface area contributed by atoms with Crippen molar-refractivity contribution in [3.8, 4) is 11.5 Å². The molecule has 2 rings (SSSR count). The summed E-state index contributed by atoms with van der Waals surface area (Å²) in [4.78, 5) is -0.223. The van der Waals surface area contributed by atoms with Gasteiger partial charge < -0.3 is 9.47 Å². The van der Waals surface area contributed by atoms with Crippen LogP contribution in [-0.4, -0.2) is 14.2 Å². The normalized spacial score (nSPS) is 12.1.